The highest BCUT2D eigenvalue weighted by molar-refractivity contribution is 4.89. The number of hydrogen-bond donors (Lipinski definition) is 1. The predicted molar refractivity (Wildman–Crippen MR) is 56.6 cm³/mol. The van der Waals surface area contributed by atoms with Gasteiger partial charge in [-0.15, -0.1) is 12.3 Å². The Morgan fingerprint density at radius 2 is 2.38 bits per heavy atom. The molecule has 0 aromatic carbocycles. The second-order valence-corrected chi connectivity index (χ2v) is 3.82. The average molecular weight is 180 g/mol. The summed E-state index contributed by atoms with van der Waals surface area (Å²) in [5, 5.41) is 3.50. The summed E-state index contributed by atoms with van der Waals surface area (Å²) in [6.07, 6.45) is 7.37. The maximum Gasteiger partial charge on any atom is 0.0219 e. The summed E-state index contributed by atoms with van der Waals surface area (Å²) < 4.78 is 0. The molecule has 74 valence electrons. The monoisotopic (exact) mass is 180 g/mol. The highest BCUT2D eigenvalue weighted by atomic mass is 15.2. The summed E-state index contributed by atoms with van der Waals surface area (Å²) in [5.41, 5.74) is 0. The van der Waals surface area contributed by atoms with E-state index in [1.165, 1.54) is 6.42 Å². The molecule has 0 bridgehead atoms. The first-order chi connectivity index (χ1) is 6.27. The van der Waals surface area contributed by atoms with Crippen LogP contribution in [0.4, 0.5) is 0 Å². The minimum atomic E-state index is 0.612. The molecule has 1 aliphatic rings. The van der Waals surface area contributed by atoms with E-state index >= 15 is 0 Å². The largest absolute Gasteiger partial charge is 0.311 e. The zero-order chi connectivity index (χ0) is 9.68. The molecule has 0 radical (unpaired) electrons. The molecule has 0 aromatic rings. The third kappa shape index (κ3) is 3.02. The molecule has 2 nitrogen and oxygen atoms in total. The standard InChI is InChI=1S/C11H20N2/c1-4-6-7-13-9-10(3)12-8-11(13)5-2/h1,10-12H,5-9H2,2-3H3. The third-order valence-corrected chi connectivity index (χ3v) is 2.74. The number of terminal acetylenes is 1. The quantitative estimate of drug-likeness (QED) is 0.654. The van der Waals surface area contributed by atoms with E-state index in [9.17, 15) is 0 Å². The first-order valence-corrected chi connectivity index (χ1v) is 5.18. The second kappa shape index (κ2) is 5.26. The van der Waals surface area contributed by atoms with Crippen LogP contribution in [0.1, 0.15) is 26.7 Å². The molecule has 13 heavy (non-hydrogen) atoms. The number of nitrogens with one attached hydrogen (secondary N) is 1. The summed E-state index contributed by atoms with van der Waals surface area (Å²) >= 11 is 0. The summed E-state index contributed by atoms with van der Waals surface area (Å²) in [6.45, 7) is 7.78. The molecule has 2 atom stereocenters. The lowest BCUT2D eigenvalue weighted by molar-refractivity contribution is 0.135. The van der Waals surface area contributed by atoms with Gasteiger partial charge in [0.1, 0.15) is 0 Å². The van der Waals surface area contributed by atoms with E-state index in [1.807, 2.05) is 0 Å². The zero-order valence-electron chi connectivity index (χ0n) is 8.71. The normalized spacial score (nSPS) is 29.9. The lowest BCUT2D eigenvalue weighted by Crippen LogP contribution is -2.55. The van der Waals surface area contributed by atoms with Crippen molar-refractivity contribution >= 4 is 0 Å². The minimum absolute atomic E-state index is 0.612. The van der Waals surface area contributed by atoms with Crippen LogP contribution >= 0.6 is 0 Å². The Bertz CT molecular complexity index is 183. The van der Waals surface area contributed by atoms with E-state index in [4.69, 9.17) is 6.42 Å². The van der Waals surface area contributed by atoms with Crippen LogP contribution in [0, 0.1) is 12.3 Å². The van der Waals surface area contributed by atoms with E-state index in [0.29, 0.717) is 12.1 Å². The zero-order valence-corrected chi connectivity index (χ0v) is 8.71. The second-order valence-electron chi connectivity index (χ2n) is 3.82. The molecule has 0 aliphatic carbocycles. The molecule has 0 spiro atoms. The lowest BCUT2D eigenvalue weighted by atomic mass is 10.1. The molecule has 1 saturated heterocycles. The van der Waals surface area contributed by atoms with Gasteiger partial charge in [0.2, 0.25) is 0 Å². The van der Waals surface area contributed by atoms with Gasteiger partial charge in [0.25, 0.3) is 0 Å². The van der Waals surface area contributed by atoms with Gasteiger partial charge in [-0.25, -0.2) is 0 Å². The minimum Gasteiger partial charge on any atom is -0.311 e. The van der Waals surface area contributed by atoms with Gasteiger partial charge in [0.05, 0.1) is 0 Å². The van der Waals surface area contributed by atoms with Crippen molar-refractivity contribution in [3.8, 4) is 12.3 Å². The van der Waals surface area contributed by atoms with Crippen LogP contribution in [0.5, 0.6) is 0 Å². The Morgan fingerprint density at radius 3 is 3.00 bits per heavy atom. The van der Waals surface area contributed by atoms with Crippen LogP contribution in [0.3, 0.4) is 0 Å². The van der Waals surface area contributed by atoms with Gasteiger partial charge < -0.3 is 5.32 Å². The summed E-state index contributed by atoms with van der Waals surface area (Å²) in [7, 11) is 0. The van der Waals surface area contributed by atoms with Crippen molar-refractivity contribution in [1.82, 2.24) is 10.2 Å². The third-order valence-electron chi connectivity index (χ3n) is 2.74. The van der Waals surface area contributed by atoms with Crippen molar-refractivity contribution in [3.05, 3.63) is 0 Å². The molecule has 1 fully saturated rings. The molecule has 0 amide bonds. The van der Waals surface area contributed by atoms with Crippen LogP contribution in [0.25, 0.3) is 0 Å². The fourth-order valence-corrected chi connectivity index (χ4v) is 1.92. The maximum absolute atomic E-state index is 5.27. The molecule has 1 rings (SSSR count). The van der Waals surface area contributed by atoms with Crippen molar-refractivity contribution in [1.29, 1.82) is 0 Å². The highest BCUT2D eigenvalue weighted by Crippen LogP contribution is 2.10. The predicted octanol–water partition coefficient (Wildman–Crippen LogP) is 1.08. The summed E-state index contributed by atoms with van der Waals surface area (Å²) in [4.78, 5) is 2.51. The van der Waals surface area contributed by atoms with Crippen molar-refractivity contribution in [2.24, 2.45) is 0 Å². The lowest BCUT2D eigenvalue weighted by Gasteiger charge is -2.38. The average Bonchev–Trinajstić information content (AvgIpc) is 2.15. The van der Waals surface area contributed by atoms with Gasteiger partial charge in [-0.2, -0.15) is 0 Å². The molecule has 1 aliphatic heterocycles. The Kier molecular flexibility index (Phi) is 4.27. The van der Waals surface area contributed by atoms with Gasteiger partial charge in [-0.1, -0.05) is 6.92 Å². The Labute approximate surface area is 81.7 Å². The van der Waals surface area contributed by atoms with E-state index in [0.717, 1.165) is 26.1 Å². The molecular weight excluding hydrogens is 160 g/mol. The van der Waals surface area contributed by atoms with Crippen molar-refractivity contribution in [2.75, 3.05) is 19.6 Å². The number of piperazine rings is 1. The van der Waals surface area contributed by atoms with Crippen molar-refractivity contribution < 1.29 is 0 Å². The Hall–Kier alpha value is -0.520. The number of rotatable bonds is 3. The van der Waals surface area contributed by atoms with Crippen LogP contribution in [0.15, 0.2) is 0 Å². The molecule has 0 saturated carbocycles. The number of nitrogens with zero attached hydrogens (tertiary/aromatic N) is 1. The molecule has 0 aromatic heterocycles. The van der Waals surface area contributed by atoms with E-state index < -0.39 is 0 Å². The van der Waals surface area contributed by atoms with Gasteiger partial charge in [0.15, 0.2) is 0 Å². The maximum atomic E-state index is 5.27. The molecule has 2 heteroatoms. The fourth-order valence-electron chi connectivity index (χ4n) is 1.92. The van der Waals surface area contributed by atoms with Gasteiger partial charge in [-0.3, -0.25) is 4.90 Å². The van der Waals surface area contributed by atoms with Crippen LogP contribution in [-0.2, 0) is 0 Å². The molecule has 1 N–H and O–H groups in total. The summed E-state index contributed by atoms with van der Waals surface area (Å²) in [6, 6.07) is 1.30. The fraction of sp³-hybridized carbons (Fsp3) is 0.818. The first kappa shape index (κ1) is 10.6. The molecular formula is C11H20N2. The van der Waals surface area contributed by atoms with E-state index in [-0.39, 0.29) is 0 Å². The van der Waals surface area contributed by atoms with Gasteiger partial charge in [0, 0.05) is 38.1 Å². The topological polar surface area (TPSA) is 15.3 Å². The highest BCUT2D eigenvalue weighted by Gasteiger charge is 2.23. The number of hydrogen-bond acceptors (Lipinski definition) is 2. The Balaban J connectivity index is 2.41. The van der Waals surface area contributed by atoms with Gasteiger partial charge in [-0.05, 0) is 13.3 Å². The van der Waals surface area contributed by atoms with Crippen molar-refractivity contribution in [3.63, 3.8) is 0 Å². The van der Waals surface area contributed by atoms with Crippen LogP contribution < -0.4 is 5.32 Å². The van der Waals surface area contributed by atoms with E-state index in [1.54, 1.807) is 0 Å². The van der Waals surface area contributed by atoms with Crippen LogP contribution in [0.2, 0.25) is 0 Å². The van der Waals surface area contributed by atoms with Gasteiger partial charge >= 0.3 is 0 Å². The first-order valence-electron chi connectivity index (χ1n) is 5.18. The SMILES string of the molecule is C#CCCN1CC(C)NCC1CC. The summed E-state index contributed by atoms with van der Waals surface area (Å²) in [5.74, 6) is 2.71. The molecule has 2 unspecified atom stereocenters. The van der Waals surface area contributed by atoms with E-state index in [2.05, 4.69) is 30.0 Å². The van der Waals surface area contributed by atoms with Crippen molar-refractivity contribution in [2.45, 2.75) is 38.8 Å². The van der Waals surface area contributed by atoms with Crippen LogP contribution in [-0.4, -0.2) is 36.6 Å². The Morgan fingerprint density at radius 1 is 1.62 bits per heavy atom. The smallest absolute Gasteiger partial charge is 0.0219 e. The molecule has 1 heterocycles.